The van der Waals surface area contributed by atoms with Gasteiger partial charge in [-0.25, -0.2) is 4.79 Å². The Labute approximate surface area is 165 Å². The monoisotopic (exact) mass is 378 g/mol. The summed E-state index contributed by atoms with van der Waals surface area (Å²) >= 11 is 0. The first-order valence-electron chi connectivity index (χ1n) is 10.6. The van der Waals surface area contributed by atoms with Crippen molar-refractivity contribution in [3.8, 4) is 11.5 Å². The number of rotatable bonds is 15. The third-order valence-electron chi connectivity index (χ3n) is 4.50. The van der Waals surface area contributed by atoms with E-state index >= 15 is 0 Å². The topological polar surface area (TPSA) is 44.8 Å². The number of esters is 1. The molecule has 0 aliphatic heterocycles. The Morgan fingerprint density at radius 2 is 1.48 bits per heavy atom. The number of hydrogen-bond acceptors (Lipinski definition) is 4. The summed E-state index contributed by atoms with van der Waals surface area (Å²) in [6.45, 7) is 6.59. The van der Waals surface area contributed by atoms with Crippen LogP contribution in [0.2, 0.25) is 0 Å². The van der Waals surface area contributed by atoms with E-state index in [4.69, 9.17) is 14.2 Å². The lowest BCUT2D eigenvalue weighted by Crippen LogP contribution is -2.11. The smallest absolute Gasteiger partial charge is 0.338 e. The molecule has 0 radical (unpaired) electrons. The summed E-state index contributed by atoms with van der Waals surface area (Å²) in [5, 5.41) is 0. The average molecular weight is 379 g/mol. The molecule has 0 amide bonds. The lowest BCUT2D eigenvalue weighted by Gasteiger charge is -2.13. The Bertz CT molecular complexity index is 525. The molecule has 0 fully saturated rings. The maximum atomic E-state index is 12.0. The van der Waals surface area contributed by atoms with Gasteiger partial charge in [-0.2, -0.15) is 0 Å². The molecule has 154 valence electrons. The van der Waals surface area contributed by atoms with Gasteiger partial charge >= 0.3 is 5.97 Å². The summed E-state index contributed by atoms with van der Waals surface area (Å²) in [5.74, 6) is 0.902. The number of benzene rings is 1. The summed E-state index contributed by atoms with van der Waals surface area (Å²) < 4.78 is 16.4. The van der Waals surface area contributed by atoms with E-state index in [0.29, 0.717) is 23.7 Å². The molecular weight excluding hydrogens is 340 g/mol. The van der Waals surface area contributed by atoms with Crippen LogP contribution >= 0.6 is 0 Å². The van der Waals surface area contributed by atoms with Gasteiger partial charge in [0.25, 0.3) is 0 Å². The first-order chi connectivity index (χ1) is 13.1. The molecule has 4 nitrogen and oxygen atoms in total. The molecular formula is C23H38O4. The second-order valence-electron chi connectivity index (χ2n) is 7.35. The highest BCUT2D eigenvalue weighted by atomic mass is 16.5. The molecule has 0 aliphatic rings. The first-order valence-corrected chi connectivity index (χ1v) is 10.6. The van der Waals surface area contributed by atoms with E-state index in [-0.39, 0.29) is 12.1 Å². The van der Waals surface area contributed by atoms with Crippen LogP contribution in [0.25, 0.3) is 0 Å². The van der Waals surface area contributed by atoms with Gasteiger partial charge in [0.05, 0.1) is 25.4 Å². The summed E-state index contributed by atoms with van der Waals surface area (Å²) in [7, 11) is 1.58. The SMILES string of the molecule is CCCCCCCCCCCCOc1ccc(C(=O)OC(C)C)cc1OC. The van der Waals surface area contributed by atoms with E-state index in [1.54, 1.807) is 25.3 Å². The van der Waals surface area contributed by atoms with Gasteiger partial charge in [-0.1, -0.05) is 64.7 Å². The molecule has 0 bridgehead atoms. The van der Waals surface area contributed by atoms with Crippen molar-refractivity contribution in [3.63, 3.8) is 0 Å². The average Bonchev–Trinajstić information content (AvgIpc) is 2.65. The van der Waals surface area contributed by atoms with Crippen LogP contribution in [0.4, 0.5) is 0 Å². The van der Waals surface area contributed by atoms with Crippen molar-refractivity contribution >= 4 is 5.97 Å². The van der Waals surface area contributed by atoms with Crippen LogP contribution < -0.4 is 9.47 Å². The molecule has 0 aliphatic carbocycles. The van der Waals surface area contributed by atoms with Crippen molar-refractivity contribution in [1.82, 2.24) is 0 Å². The van der Waals surface area contributed by atoms with Gasteiger partial charge < -0.3 is 14.2 Å². The lowest BCUT2D eigenvalue weighted by atomic mass is 10.1. The van der Waals surface area contributed by atoms with E-state index in [1.165, 1.54) is 57.8 Å². The summed E-state index contributed by atoms with van der Waals surface area (Å²) in [6, 6.07) is 5.19. The largest absolute Gasteiger partial charge is 0.493 e. The Morgan fingerprint density at radius 1 is 0.889 bits per heavy atom. The van der Waals surface area contributed by atoms with Crippen LogP contribution in [-0.4, -0.2) is 25.8 Å². The summed E-state index contributed by atoms with van der Waals surface area (Å²) in [5.41, 5.74) is 0.479. The molecule has 0 unspecified atom stereocenters. The normalized spacial score (nSPS) is 10.9. The molecule has 0 atom stereocenters. The Balaban J connectivity index is 2.23. The van der Waals surface area contributed by atoms with Gasteiger partial charge in [0.1, 0.15) is 0 Å². The van der Waals surface area contributed by atoms with Gasteiger partial charge in [-0.05, 0) is 38.5 Å². The second kappa shape index (κ2) is 14.4. The zero-order valence-electron chi connectivity index (χ0n) is 17.7. The zero-order chi connectivity index (χ0) is 19.9. The van der Waals surface area contributed by atoms with Crippen molar-refractivity contribution < 1.29 is 19.0 Å². The lowest BCUT2D eigenvalue weighted by molar-refractivity contribution is 0.0377. The fraction of sp³-hybridized carbons (Fsp3) is 0.696. The summed E-state index contributed by atoms with van der Waals surface area (Å²) in [6.07, 6.45) is 12.9. The molecule has 1 aromatic carbocycles. The molecule has 1 rings (SSSR count). The third kappa shape index (κ3) is 10.3. The predicted molar refractivity (Wildman–Crippen MR) is 111 cm³/mol. The van der Waals surface area contributed by atoms with Crippen molar-refractivity contribution in [2.45, 2.75) is 91.1 Å². The van der Waals surface area contributed by atoms with E-state index in [9.17, 15) is 4.79 Å². The van der Waals surface area contributed by atoms with Gasteiger partial charge in [0.15, 0.2) is 11.5 Å². The fourth-order valence-electron chi connectivity index (χ4n) is 2.97. The Hall–Kier alpha value is -1.71. The molecule has 0 saturated heterocycles. The van der Waals surface area contributed by atoms with E-state index in [2.05, 4.69) is 6.92 Å². The maximum absolute atomic E-state index is 12.0. The molecule has 0 heterocycles. The minimum absolute atomic E-state index is 0.143. The molecule has 4 heteroatoms. The van der Waals surface area contributed by atoms with Crippen LogP contribution in [0.5, 0.6) is 11.5 Å². The second-order valence-corrected chi connectivity index (χ2v) is 7.35. The first kappa shape index (κ1) is 23.3. The van der Waals surface area contributed by atoms with Crippen molar-refractivity contribution in [2.24, 2.45) is 0 Å². The van der Waals surface area contributed by atoms with Gasteiger partial charge in [0, 0.05) is 0 Å². The van der Waals surface area contributed by atoms with Gasteiger partial charge in [-0.3, -0.25) is 0 Å². The van der Waals surface area contributed by atoms with E-state index in [1.807, 2.05) is 13.8 Å². The van der Waals surface area contributed by atoms with Crippen molar-refractivity contribution in [3.05, 3.63) is 23.8 Å². The Kier molecular flexibility index (Phi) is 12.4. The van der Waals surface area contributed by atoms with Crippen molar-refractivity contribution in [2.75, 3.05) is 13.7 Å². The summed E-state index contributed by atoms with van der Waals surface area (Å²) in [4.78, 5) is 12.0. The predicted octanol–water partition coefficient (Wildman–Crippen LogP) is 6.56. The van der Waals surface area contributed by atoms with E-state index < -0.39 is 0 Å². The number of methoxy groups -OCH3 is 1. The fourth-order valence-corrected chi connectivity index (χ4v) is 2.97. The molecule has 0 aromatic heterocycles. The third-order valence-corrected chi connectivity index (χ3v) is 4.50. The molecule has 0 spiro atoms. The highest BCUT2D eigenvalue weighted by Crippen LogP contribution is 2.28. The van der Waals surface area contributed by atoms with Crippen LogP contribution in [0.15, 0.2) is 18.2 Å². The minimum atomic E-state index is -0.343. The van der Waals surface area contributed by atoms with E-state index in [0.717, 1.165) is 6.42 Å². The highest BCUT2D eigenvalue weighted by molar-refractivity contribution is 5.90. The number of ether oxygens (including phenoxy) is 3. The molecule has 0 N–H and O–H groups in total. The molecule has 0 saturated carbocycles. The van der Waals surface area contributed by atoms with Crippen LogP contribution in [-0.2, 0) is 4.74 Å². The zero-order valence-corrected chi connectivity index (χ0v) is 17.7. The van der Waals surface area contributed by atoms with Gasteiger partial charge in [0.2, 0.25) is 0 Å². The van der Waals surface area contributed by atoms with Gasteiger partial charge in [-0.15, -0.1) is 0 Å². The molecule has 1 aromatic rings. The number of hydrogen-bond donors (Lipinski definition) is 0. The Morgan fingerprint density at radius 3 is 2.04 bits per heavy atom. The number of unbranched alkanes of at least 4 members (excludes halogenated alkanes) is 9. The minimum Gasteiger partial charge on any atom is -0.493 e. The molecule has 27 heavy (non-hydrogen) atoms. The standard InChI is InChI=1S/C23H38O4/c1-5-6-7-8-9-10-11-12-13-14-17-26-21-16-15-20(18-22(21)25-4)23(24)27-19(2)3/h15-16,18-19H,5-14,17H2,1-4H3. The highest BCUT2D eigenvalue weighted by Gasteiger charge is 2.13. The number of carbonyl (C=O) groups is 1. The number of carbonyl (C=O) groups excluding carboxylic acids is 1. The van der Waals surface area contributed by atoms with Crippen LogP contribution in [0.3, 0.4) is 0 Å². The van der Waals surface area contributed by atoms with Crippen LogP contribution in [0, 0.1) is 0 Å². The quantitative estimate of drug-likeness (QED) is 0.256. The maximum Gasteiger partial charge on any atom is 0.338 e. The van der Waals surface area contributed by atoms with Crippen molar-refractivity contribution in [1.29, 1.82) is 0 Å². The van der Waals surface area contributed by atoms with Crippen LogP contribution in [0.1, 0.15) is 95.3 Å².